The Balaban J connectivity index is 1.87. The van der Waals surface area contributed by atoms with Gasteiger partial charge in [0.25, 0.3) is 5.91 Å². The summed E-state index contributed by atoms with van der Waals surface area (Å²) < 4.78 is 33.7. The molecule has 3 rings (SSSR count). The SMILES string of the molecule is COc1ccc(C(=O)N(C)Cc2ccc(Br)cc2)cc1S(=O)(=O)N1CCCC1. The van der Waals surface area contributed by atoms with Crippen LogP contribution in [0.15, 0.2) is 51.8 Å². The number of carbonyl (C=O) groups is 1. The van der Waals surface area contributed by atoms with Crippen LogP contribution < -0.4 is 4.74 Å². The zero-order chi connectivity index (χ0) is 20.3. The summed E-state index contributed by atoms with van der Waals surface area (Å²) in [6, 6.07) is 12.3. The van der Waals surface area contributed by atoms with Gasteiger partial charge in [0.2, 0.25) is 10.0 Å². The number of rotatable bonds is 6. The van der Waals surface area contributed by atoms with E-state index in [1.807, 2.05) is 24.3 Å². The van der Waals surface area contributed by atoms with Crippen molar-refractivity contribution < 1.29 is 17.9 Å². The summed E-state index contributed by atoms with van der Waals surface area (Å²) in [6.45, 7) is 1.41. The highest BCUT2D eigenvalue weighted by Gasteiger charge is 2.31. The highest BCUT2D eigenvalue weighted by molar-refractivity contribution is 9.10. The third-order valence-electron chi connectivity index (χ3n) is 4.77. The van der Waals surface area contributed by atoms with Crippen LogP contribution in [-0.4, -0.2) is 50.8 Å². The fraction of sp³-hybridized carbons (Fsp3) is 0.350. The zero-order valence-electron chi connectivity index (χ0n) is 15.9. The van der Waals surface area contributed by atoms with E-state index in [1.165, 1.54) is 17.5 Å². The van der Waals surface area contributed by atoms with E-state index in [9.17, 15) is 13.2 Å². The summed E-state index contributed by atoms with van der Waals surface area (Å²) in [5.74, 6) is 0.00227. The topological polar surface area (TPSA) is 66.9 Å². The Morgan fingerprint density at radius 2 is 1.79 bits per heavy atom. The lowest BCUT2D eigenvalue weighted by atomic mass is 10.1. The molecule has 0 spiro atoms. The molecule has 0 unspecified atom stereocenters. The summed E-state index contributed by atoms with van der Waals surface area (Å²) >= 11 is 3.39. The van der Waals surface area contributed by atoms with Crippen molar-refractivity contribution in [1.29, 1.82) is 0 Å². The van der Waals surface area contributed by atoms with E-state index in [-0.39, 0.29) is 16.6 Å². The Kier molecular flexibility index (Phi) is 6.42. The maximum atomic E-state index is 13.0. The van der Waals surface area contributed by atoms with Crippen LogP contribution in [0, 0.1) is 0 Å². The van der Waals surface area contributed by atoms with Crippen molar-refractivity contribution in [3.8, 4) is 5.75 Å². The molecule has 0 aromatic heterocycles. The number of methoxy groups -OCH3 is 1. The molecule has 1 fully saturated rings. The lowest BCUT2D eigenvalue weighted by Gasteiger charge is -2.20. The van der Waals surface area contributed by atoms with Crippen molar-refractivity contribution in [2.45, 2.75) is 24.3 Å². The first-order valence-electron chi connectivity index (χ1n) is 9.01. The molecule has 0 saturated carbocycles. The molecular weight excluding hydrogens is 444 g/mol. The third kappa shape index (κ3) is 4.39. The summed E-state index contributed by atoms with van der Waals surface area (Å²) in [5, 5.41) is 0. The van der Waals surface area contributed by atoms with E-state index in [0.29, 0.717) is 25.2 Å². The Hall–Kier alpha value is -1.90. The number of nitrogens with zero attached hydrogens (tertiary/aromatic N) is 2. The minimum Gasteiger partial charge on any atom is -0.495 e. The molecule has 0 N–H and O–H groups in total. The van der Waals surface area contributed by atoms with E-state index in [1.54, 1.807) is 24.1 Å². The maximum absolute atomic E-state index is 13.0. The van der Waals surface area contributed by atoms with Gasteiger partial charge >= 0.3 is 0 Å². The monoisotopic (exact) mass is 466 g/mol. The molecule has 8 heteroatoms. The van der Waals surface area contributed by atoms with Crippen LogP contribution in [0.25, 0.3) is 0 Å². The van der Waals surface area contributed by atoms with Gasteiger partial charge in [0, 0.05) is 36.7 Å². The number of sulfonamides is 1. The number of hydrogen-bond acceptors (Lipinski definition) is 4. The van der Waals surface area contributed by atoms with E-state index in [0.717, 1.165) is 22.9 Å². The van der Waals surface area contributed by atoms with Gasteiger partial charge < -0.3 is 9.64 Å². The molecule has 2 aromatic carbocycles. The number of halogens is 1. The molecular formula is C20H23BrN2O4S. The summed E-state index contributed by atoms with van der Waals surface area (Å²) in [7, 11) is -0.567. The normalized spacial score (nSPS) is 14.8. The first kappa shape index (κ1) is 20.8. The third-order valence-corrected chi connectivity index (χ3v) is 7.22. The van der Waals surface area contributed by atoms with Crippen LogP contribution in [-0.2, 0) is 16.6 Å². The van der Waals surface area contributed by atoms with E-state index >= 15 is 0 Å². The van der Waals surface area contributed by atoms with Crippen LogP contribution in [0.4, 0.5) is 0 Å². The number of hydrogen-bond donors (Lipinski definition) is 0. The summed E-state index contributed by atoms with van der Waals surface area (Å²) in [6.07, 6.45) is 1.69. The second-order valence-electron chi connectivity index (χ2n) is 6.76. The molecule has 0 bridgehead atoms. The van der Waals surface area contributed by atoms with Gasteiger partial charge in [-0.2, -0.15) is 4.31 Å². The van der Waals surface area contributed by atoms with Gasteiger partial charge in [0.15, 0.2) is 0 Å². The van der Waals surface area contributed by atoms with Crippen LogP contribution in [0.1, 0.15) is 28.8 Å². The molecule has 0 radical (unpaired) electrons. The van der Waals surface area contributed by atoms with Crippen LogP contribution in [0.2, 0.25) is 0 Å². The van der Waals surface area contributed by atoms with Crippen molar-refractivity contribution in [2.75, 3.05) is 27.2 Å². The number of ether oxygens (including phenoxy) is 1. The van der Waals surface area contributed by atoms with Crippen molar-refractivity contribution in [3.05, 3.63) is 58.1 Å². The molecule has 1 heterocycles. The van der Waals surface area contributed by atoms with Crippen molar-refractivity contribution >= 4 is 31.9 Å². The fourth-order valence-corrected chi connectivity index (χ4v) is 5.20. The van der Waals surface area contributed by atoms with Gasteiger partial charge in [0.1, 0.15) is 10.6 Å². The van der Waals surface area contributed by atoms with Gasteiger partial charge in [-0.25, -0.2) is 8.42 Å². The largest absolute Gasteiger partial charge is 0.495 e. The van der Waals surface area contributed by atoms with Crippen molar-refractivity contribution in [2.24, 2.45) is 0 Å². The van der Waals surface area contributed by atoms with Crippen molar-refractivity contribution in [3.63, 3.8) is 0 Å². The highest BCUT2D eigenvalue weighted by atomic mass is 79.9. The first-order chi connectivity index (χ1) is 13.3. The minimum absolute atomic E-state index is 0.0415. The number of amides is 1. The predicted molar refractivity (Wildman–Crippen MR) is 111 cm³/mol. The molecule has 0 aliphatic carbocycles. The van der Waals surface area contributed by atoms with Crippen LogP contribution >= 0.6 is 15.9 Å². The first-order valence-corrected chi connectivity index (χ1v) is 11.2. The summed E-state index contributed by atoms with van der Waals surface area (Å²) in [5.41, 5.74) is 1.30. The average molecular weight is 467 g/mol. The average Bonchev–Trinajstić information content (AvgIpc) is 3.24. The Bertz CT molecular complexity index is 955. The molecule has 1 amide bonds. The number of carbonyl (C=O) groups excluding carboxylic acids is 1. The lowest BCUT2D eigenvalue weighted by molar-refractivity contribution is 0.0785. The maximum Gasteiger partial charge on any atom is 0.253 e. The Morgan fingerprint density at radius 1 is 1.14 bits per heavy atom. The van der Waals surface area contributed by atoms with Gasteiger partial charge in [-0.05, 0) is 48.7 Å². The fourth-order valence-electron chi connectivity index (χ4n) is 3.23. The quantitative estimate of drug-likeness (QED) is 0.652. The molecule has 6 nitrogen and oxygen atoms in total. The Morgan fingerprint density at radius 3 is 2.39 bits per heavy atom. The second kappa shape index (κ2) is 8.63. The molecule has 150 valence electrons. The Labute approximate surface area is 174 Å². The van der Waals surface area contributed by atoms with Crippen LogP contribution in [0.5, 0.6) is 5.75 Å². The van der Waals surface area contributed by atoms with Crippen LogP contribution in [0.3, 0.4) is 0 Å². The lowest BCUT2D eigenvalue weighted by Crippen LogP contribution is -2.29. The van der Waals surface area contributed by atoms with E-state index in [4.69, 9.17) is 4.74 Å². The minimum atomic E-state index is -3.69. The molecule has 1 aliphatic heterocycles. The standard InChI is InChI=1S/C20H23BrN2O4S/c1-22(14-15-5-8-17(21)9-6-15)20(24)16-7-10-18(27-2)19(13-16)28(25,26)23-11-3-4-12-23/h5-10,13H,3-4,11-12,14H2,1-2H3. The number of benzene rings is 2. The van der Waals surface area contributed by atoms with Gasteiger partial charge in [-0.15, -0.1) is 0 Å². The van der Waals surface area contributed by atoms with E-state index in [2.05, 4.69) is 15.9 Å². The highest BCUT2D eigenvalue weighted by Crippen LogP contribution is 2.30. The molecule has 28 heavy (non-hydrogen) atoms. The van der Waals surface area contributed by atoms with Crippen molar-refractivity contribution in [1.82, 2.24) is 9.21 Å². The smallest absolute Gasteiger partial charge is 0.253 e. The molecule has 0 atom stereocenters. The molecule has 1 saturated heterocycles. The summed E-state index contributed by atoms with van der Waals surface area (Å²) in [4.78, 5) is 14.5. The predicted octanol–water partition coefficient (Wildman–Crippen LogP) is 3.51. The second-order valence-corrected chi connectivity index (χ2v) is 9.59. The molecule has 2 aromatic rings. The van der Waals surface area contributed by atoms with Gasteiger partial charge in [-0.3, -0.25) is 4.79 Å². The van der Waals surface area contributed by atoms with Gasteiger partial charge in [0.05, 0.1) is 7.11 Å². The van der Waals surface area contributed by atoms with E-state index < -0.39 is 10.0 Å². The van der Waals surface area contributed by atoms with Gasteiger partial charge in [-0.1, -0.05) is 28.1 Å². The molecule has 1 aliphatic rings. The zero-order valence-corrected chi connectivity index (χ0v) is 18.3.